The molecule has 0 saturated heterocycles. The van der Waals surface area contributed by atoms with Crippen molar-refractivity contribution in [2.45, 2.75) is 19.6 Å². The fraction of sp³-hybridized carbons (Fsp3) is 0.200. The number of rotatable bonds is 7. The molecule has 0 aliphatic carbocycles. The number of para-hydroxylation sites is 1. The molecule has 0 saturated carbocycles. The molecular formula is C20H15F6N5O4. The highest BCUT2D eigenvalue weighted by molar-refractivity contribution is 6.06. The SMILES string of the molecule is CCn1c(C(N)=O)nn(-c2cc(OCC(F)(F)F)c(C(=O)Nc3c(F)cccc3F)cc2F)c1=O. The van der Waals surface area contributed by atoms with Gasteiger partial charge >= 0.3 is 11.9 Å². The maximum Gasteiger partial charge on any atom is 0.422 e. The summed E-state index contributed by atoms with van der Waals surface area (Å²) >= 11 is 0. The van der Waals surface area contributed by atoms with E-state index in [1.165, 1.54) is 6.92 Å². The summed E-state index contributed by atoms with van der Waals surface area (Å²) in [6.07, 6.45) is -4.89. The number of halogens is 6. The van der Waals surface area contributed by atoms with Crippen LogP contribution in [-0.4, -0.2) is 38.9 Å². The number of alkyl halides is 3. The van der Waals surface area contributed by atoms with Gasteiger partial charge in [0.05, 0.1) is 5.56 Å². The number of ether oxygens (including phenoxy) is 1. The van der Waals surface area contributed by atoms with E-state index in [1.807, 2.05) is 0 Å². The van der Waals surface area contributed by atoms with E-state index in [1.54, 1.807) is 5.32 Å². The molecule has 186 valence electrons. The second-order valence-corrected chi connectivity index (χ2v) is 6.88. The number of nitrogens with two attached hydrogens (primary N) is 1. The van der Waals surface area contributed by atoms with Crippen molar-refractivity contribution < 1.29 is 40.7 Å². The number of nitrogens with one attached hydrogen (secondary N) is 1. The number of hydrogen-bond donors (Lipinski definition) is 2. The van der Waals surface area contributed by atoms with Crippen molar-refractivity contribution >= 4 is 17.5 Å². The zero-order valence-corrected chi connectivity index (χ0v) is 17.6. The molecule has 0 aliphatic heterocycles. The summed E-state index contributed by atoms with van der Waals surface area (Å²) in [5.74, 6) is -7.78. The van der Waals surface area contributed by atoms with Gasteiger partial charge in [0.1, 0.15) is 34.6 Å². The summed E-state index contributed by atoms with van der Waals surface area (Å²) in [6.45, 7) is -0.592. The topological polar surface area (TPSA) is 121 Å². The van der Waals surface area contributed by atoms with Gasteiger partial charge in [-0.3, -0.25) is 14.2 Å². The zero-order chi connectivity index (χ0) is 26.1. The number of primary amides is 1. The molecule has 0 spiro atoms. The van der Waals surface area contributed by atoms with Crippen molar-refractivity contribution in [3.8, 4) is 11.4 Å². The van der Waals surface area contributed by atoms with Gasteiger partial charge in [-0.1, -0.05) is 6.07 Å². The number of carbonyl (C=O) groups is 2. The molecule has 0 fully saturated rings. The third kappa shape index (κ3) is 5.28. The molecule has 2 aromatic carbocycles. The minimum absolute atomic E-state index is 0.106. The Morgan fingerprint density at radius 1 is 1.11 bits per heavy atom. The number of aromatic nitrogens is 3. The second kappa shape index (κ2) is 9.52. The Kier molecular flexibility index (Phi) is 6.89. The molecule has 0 bridgehead atoms. The summed E-state index contributed by atoms with van der Waals surface area (Å²) < 4.78 is 86.7. The summed E-state index contributed by atoms with van der Waals surface area (Å²) in [7, 11) is 0. The fourth-order valence-electron chi connectivity index (χ4n) is 2.98. The van der Waals surface area contributed by atoms with Gasteiger partial charge in [-0.15, -0.1) is 5.10 Å². The van der Waals surface area contributed by atoms with E-state index >= 15 is 0 Å². The largest absolute Gasteiger partial charge is 0.483 e. The van der Waals surface area contributed by atoms with Crippen LogP contribution in [0.3, 0.4) is 0 Å². The van der Waals surface area contributed by atoms with Crippen LogP contribution in [0, 0.1) is 17.5 Å². The number of nitrogens with zero attached hydrogens (tertiary/aromatic N) is 3. The molecule has 0 unspecified atom stereocenters. The minimum atomic E-state index is -4.89. The van der Waals surface area contributed by atoms with Crippen molar-refractivity contribution in [1.29, 1.82) is 0 Å². The zero-order valence-electron chi connectivity index (χ0n) is 17.6. The predicted molar refractivity (Wildman–Crippen MR) is 108 cm³/mol. The van der Waals surface area contributed by atoms with Gasteiger partial charge in [-0.05, 0) is 25.1 Å². The van der Waals surface area contributed by atoms with Crippen molar-refractivity contribution in [2.24, 2.45) is 5.73 Å². The van der Waals surface area contributed by atoms with E-state index in [2.05, 4.69) is 9.84 Å². The summed E-state index contributed by atoms with van der Waals surface area (Å²) in [4.78, 5) is 36.7. The highest BCUT2D eigenvalue weighted by Gasteiger charge is 2.31. The molecule has 0 radical (unpaired) electrons. The van der Waals surface area contributed by atoms with E-state index in [-0.39, 0.29) is 6.54 Å². The van der Waals surface area contributed by atoms with Crippen molar-refractivity contribution in [3.05, 3.63) is 69.7 Å². The molecule has 35 heavy (non-hydrogen) atoms. The van der Waals surface area contributed by atoms with Crippen LogP contribution in [0.15, 0.2) is 35.1 Å². The maximum atomic E-state index is 14.9. The van der Waals surface area contributed by atoms with Crippen molar-refractivity contribution in [3.63, 3.8) is 0 Å². The van der Waals surface area contributed by atoms with Crippen LogP contribution < -0.4 is 21.5 Å². The standard InChI is InChI=1S/C20H15F6N5O4/c1-2-30-17(16(27)32)29-31(19(30)34)13-7-14(35-8-20(24,25)26)9(6-12(13)23)18(33)28-15-10(21)4-3-5-11(15)22/h3-7H,2,8H2,1H3,(H2,27,32)(H,28,33). The Labute approximate surface area is 191 Å². The van der Waals surface area contributed by atoms with Gasteiger partial charge in [0.2, 0.25) is 5.82 Å². The molecule has 2 amide bonds. The van der Waals surface area contributed by atoms with E-state index in [0.717, 1.165) is 22.8 Å². The molecule has 3 aromatic rings. The van der Waals surface area contributed by atoms with Crippen LogP contribution in [0.25, 0.3) is 5.69 Å². The quantitative estimate of drug-likeness (QED) is 0.481. The molecule has 9 nitrogen and oxygen atoms in total. The molecular weight excluding hydrogens is 488 g/mol. The molecule has 1 heterocycles. The molecule has 0 aliphatic rings. The molecule has 1 aromatic heterocycles. The Balaban J connectivity index is 2.14. The third-order valence-electron chi connectivity index (χ3n) is 4.51. The lowest BCUT2D eigenvalue weighted by molar-refractivity contribution is -0.153. The number of carbonyl (C=O) groups excluding carboxylic acids is 2. The van der Waals surface area contributed by atoms with Crippen LogP contribution in [-0.2, 0) is 6.54 Å². The predicted octanol–water partition coefficient (Wildman–Crippen LogP) is 2.76. The summed E-state index contributed by atoms with van der Waals surface area (Å²) in [5, 5.41) is 5.40. The van der Waals surface area contributed by atoms with Crippen LogP contribution in [0.5, 0.6) is 5.75 Å². The first-order chi connectivity index (χ1) is 16.3. The van der Waals surface area contributed by atoms with E-state index in [9.17, 15) is 40.7 Å². The van der Waals surface area contributed by atoms with E-state index < -0.39 is 76.3 Å². The van der Waals surface area contributed by atoms with E-state index in [0.29, 0.717) is 16.8 Å². The van der Waals surface area contributed by atoms with Gasteiger partial charge in [-0.25, -0.2) is 18.0 Å². The van der Waals surface area contributed by atoms with E-state index in [4.69, 9.17) is 5.73 Å². The van der Waals surface area contributed by atoms with Crippen LogP contribution >= 0.6 is 0 Å². The van der Waals surface area contributed by atoms with Gasteiger partial charge in [0.15, 0.2) is 6.61 Å². The van der Waals surface area contributed by atoms with Crippen molar-refractivity contribution in [2.75, 3.05) is 11.9 Å². The van der Waals surface area contributed by atoms with Gasteiger partial charge in [0.25, 0.3) is 11.8 Å². The lowest BCUT2D eigenvalue weighted by Gasteiger charge is -2.15. The number of hydrogen-bond acceptors (Lipinski definition) is 5. The maximum absolute atomic E-state index is 14.9. The summed E-state index contributed by atoms with van der Waals surface area (Å²) in [6, 6.07) is 3.54. The smallest absolute Gasteiger partial charge is 0.422 e. The Bertz CT molecular complexity index is 1350. The highest BCUT2D eigenvalue weighted by atomic mass is 19.4. The first kappa shape index (κ1) is 25.3. The van der Waals surface area contributed by atoms with Gasteiger partial charge in [0, 0.05) is 12.6 Å². The molecule has 3 rings (SSSR count). The first-order valence-corrected chi connectivity index (χ1v) is 9.62. The molecule has 3 N–H and O–H groups in total. The van der Waals surface area contributed by atoms with Crippen LogP contribution in [0.4, 0.5) is 32.0 Å². The average Bonchev–Trinajstić information content (AvgIpc) is 3.11. The minimum Gasteiger partial charge on any atom is -0.483 e. The van der Waals surface area contributed by atoms with Gasteiger partial charge in [-0.2, -0.15) is 17.9 Å². The second-order valence-electron chi connectivity index (χ2n) is 6.88. The normalized spacial score (nSPS) is 11.4. The van der Waals surface area contributed by atoms with Crippen molar-refractivity contribution in [1.82, 2.24) is 14.3 Å². The lowest BCUT2D eigenvalue weighted by Crippen LogP contribution is -2.27. The lowest BCUT2D eigenvalue weighted by atomic mass is 10.1. The highest BCUT2D eigenvalue weighted by Crippen LogP contribution is 2.29. The van der Waals surface area contributed by atoms with Gasteiger partial charge < -0.3 is 15.8 Å². The number of amides is 2. The fourth-order valence-corrected chi connectivity index (χ4v) is 2.98. The monoisotopic (exact) mass is 503 g/mol. The van der Waals surface area contributed by atoms with Crippen LogP contribution in [0.2, 0.25) is 0 Å². The Morgan fingerprint density at radius 2 is 1.74 bits per heavy atom. The third-order valence-corrected chi connectivity index (χ3v) is 4.51. The molecule has 15 heteroatoms. The van der Waals surface area contributed by atoms with Crippen LogP contribution in [0.1, 0.15) is 27.9 Å². The average molecular weight is 503 g/mol. The number of benzene rings is 2. The Hall–Kier alpha value is -4.30. The molecule has 0 atom stereocenters. The summed E-state index contributed by atoms with van der Waals surface area (Å²) in [5.41, 5.74) is 1.48. The number of anilines is 1. The first-order valence-electron chi connectivity index (χ1n) is 9.62. The Morgan fingerprint density at radius 3 is 2.26 bits per heavy atom.